The minimum atomic E-state index is -0.480. The molecule has 5 N–H and O–H groups in total. The molecule has 0 aliphatic heterocycles. The first-order valence-electron chi connectivity index (χ1n) is 9.98. The molecule has 0 atom stereocenters. The number of anilines is 1. The topological polar surface area (TPSA) is 108 Å². The average Bonchev–Trinajstić information content (AvgIpc) is 3.15. The number of halogens is 2. The van der Waals surface area contributed by atoms with Crippen molar-refractivity contribution in [2.45, 2.75) is 6.54 Å². The van der Waals surface area contributed by atoms with Gasteiger partial charge in [0.25, 0.3) is 5.91 Å². The van der Waals surface area contributed by atoms with Crippen LogP contribution in [0.5, 0.6) is 5.75 Å². The monoisotopic (exact) mass is 523 g/mol. The Morgan fingerprint density at radius 2 is 1.73 bits per heavy atom. The molecule has 0 fully saturated rings. The van der Waals surface area contributed by atoms with Crippen LogP contribution in [0.2, 0.25) is 5.02 Å². The van der Waals surface area contributed by atoms with E-state index in [1.165, 1.54) is 6.07 Å². The summed E-state index contributed by atoms with van der Waals surface area (Å²) in [4.78, 5) is 29.4. The largest absolute Gasteiger partial charge is 0.507 e. The number of nitrogens with one attached hydrogen (secondary N) is 2. The van der Waals surface area contributed by atoms with Crippen LogP contribution in [-0.2, 0) is 6.54 Å². The fourth-order valence-corrected chi connectivity index (χ4v) is 3.95. The van der Waals surface area contributed by atoms with Crippen LogP contribution >= 0.6 is 27.5 Å². The molecule has 3 aromatic carbocycles. The molecule has 0 aliphatic carbocycles. The van der Waals surface area contributed by atoms with E-state index in [2.05, 4.69) is 26.2 Å². The fraction of sp³-hybridized carbons (Fsp3) is 0.0400. The minimum absolute atomic E-state index is 0.0189. The normalized spacial score (nSPS) is 10.7. The number of carbonyl (C=O) groups is 2. The maximum atomic E-state index is 13.4. The van der Waals surface area contributed by atoms with Crippen LogP contribution in [0.1, 0.15) is 32.0 Å². The highest BCUT2D eigenvalue weighted by atomic mass is 79.9. The number of carbonyl (C=O) groups excluding carboxylic acids is 2. The molecule has 8 heteroatoms. The molecule has 0 spiro atoms. The molecule has 0 unspecified atom stereocenters. The summed E-state index contributed by atoms with van der Waals surface area (Å²) in [6.07, 6.45) is 0. The molecule has 1 heterocycles. The van der Waals surface area contributed by atoms with Gasteiger partial charge in [0, 0.05) is 32.7 Å². The maximum Gasteiger partial charge on any atom is 0.255 e. The number of hydrogen-bond donors (Lipinski definition) is 4. The highest BCUT2D eigenvalue weighted by molar-refractivity contribution is 9.10. The lowest BCUT2D eigenvalue weighted by Gasteiger charge is -2.11. The van der Waals surface area contributed by atoms with Gasteiger partial charge in [-0.05, 0) is 48.0 Å². The zero-order valence-corrected chi connectivity index (χ0v) is 19.6. The van der Waals surface area contributed by atoms with E-state index in [4.69, 9.17) is 17.3 Å². The first-order chi connectivity index (χ1) is 15.8. The Labute approximate surface area is 203 Å². The van der Waals surface area contributed by atoms with Gasteiger partial charge in [0.1, 0.15) is 11.6 Å². The predicted molar refractivity (Wildman–Crippen MR) is 133 cm³/mol. The summed E-state index contributed by atoms with van der Waals surface area (Å²) >= 11 is 9.35. The van der Waals surface area contributed by atoms with E-state index in [1.54, 1.807) is 36.4 Å². The smallest absolute Gasteiger partial charge is 0.255 e. The van der Waals surface area contributed by atoms with E-state index in [0.717, 1.165) is 10.0 Å². The highest BCUT2D eigenvalue weighted by Crippen LogP contribution is 2.39. The summed E-state index contributed by atoms with van der Waals surface area (Å²) in [7, 11) is 0. The third kappa shape index (κ3) is 4.79. The van der Waals surface area contributed by atoms with Crippen LogP contribution in [0.25, 0.3) is 11.1 Å². The number of phenols is 1. The van der Waals surface area contributed by atoms with Crippen molar-refractivity contribution < 1.29 is 14.7 Å². The SMILES string of the molecule is Nc1[nH]c(C(=O)c2ccc(Br)cc2)c(-c2ccc(Cl)cc2O)c1C(=O)NCc1ccccc1. The molecule has 0 aliphatic rings. The average molecular weight is 525 g/mol. The minimum Gasteiger partial charge on any atom is -0.507 e. The van der Waals surface area contributed by atoms with Crippen molar-refractivity contribution in [2.75, 3.05) is 5.73 Å². The Morgan fingerprint density at radius 3 is 2.39 bits per heavy atom. The van der Waals surface area contributed by atoms with Crippen LogP contribution < -0.4 is 11.1 Å². The van der Waals surface area contributed by atoms with Crippen LogP contribution in [0.3, 0.4) is 0 Å². The Balaban J connectivity index is 1.81. The number of nitrogens with two attached hydrogens (primary N) is 1. The molecular weight excluding hydrogens is 506 g/mol. The van der Waals surface area contributed by atoms with Gasteiger partial charge in [0.05, 0.1) is 11.3 Å². The van der Waals surface area contributed by atoms with Crippen molar-refractivity contribution in [1.82, 2.24) is 10.3 Å². The number of nitrogen functional groups attached to an aromatic ring is 1. The Hall–Kier alpha value is -3.55. The van der Waals surface area contributed by atoms with Crippen molar-refractivity contribution in [1.29, 1.82) is 0 Å². The summed E-state index contributed by atoms with van der Waals surface area (Å²) in [6.45, 7) is 0.270. The second-order valence-electron chi connectivity index (χ2n) is 7.33. The molecule has 33 heavy (non-hydrogen) atoms. The highest BCUT2D eigenvalue weighted by Gasteiger charge is 2.28. The number of aromatic nitrogens is 1. The van der Waals surface area contributed by atoms with Gasteiger partial charge in [-0.2, -0.15) is 0 Å². The van der Waals surface area contributed by atoms with Gasteiger partial charge in [-0.15, -0.1) is 0 Å². The lowest BCUT2D eigenvalue weighted by molar-refractivity contribution is 0.0952. The number of benzene rings is 3. The third-order valence-electron chi connectivity index (χ3n) is 5.11. The van der Waals surface area contributed by atoms with Gasteiger partial charge in [-0.25, -0.2) is 0 Å². The number of aromatic hydroxyl groups is 1. The summed E-state index contributed by atoms with van der Waals surface area (Å²) < 4.78 is 0.821. The zero-order chi connectivity index (χ0) is 23.5. The standard InChI is InChI=1S/C25H19BrClN3O3/c26-16-8-6-15(7-9-16)23(32)22-20(18-11-10-17(27)12-19(18)31)21(24(28)30-22)25(33)29-13-14-4-2-1-3-5-14/h1-12,30-31H,13,28H2,(H,29,33). The molecule has 0 radical (unpaired) electrons. The molecular formula is C25H19BrClN3O3. The maximum absolute atomic E-state index is 13.4. The van der Waals surface area contributed by atoms with Gasteiger partial charge < -0.3 is 21.1 Å². The number of rotatable bonds is 6. The van der Waals surface area contributed by atoms with Gasteiger partial charge in [0.15, 0.2) is 0 Å². The van der Waals surface area contributed by atoms with Crippen molar-refractivity contribution in [2.24, 2.45) is 0 Å². The molecule has 0 saturated heterocycles. The number of H-pyrrole nitrogens is 1. The molecule has 4 rings (SSSR count). The molecule has 0 saturated carbocycles. The van der Waals surface area contributed by atoms with Gasteiger partial charge in [-0.1, -0.05) is 57.9 Å². The number of hydrogen-bond acceptors (Lipinski definition) is 4. The summed E-state index contributed by atoms with van der Waals surface area (Å²) in [6, 6.07) is 20.7. The molecule has 1 aromatic heterocycles. The molecule has 4 aromatic rings. The lowest BCUT2D eigenvalue weighted by Crippen LogP contribution is -2.24. The fourth-order valence-electron chi connectivity index (χ4n) is 3.52. The van der Waals surface area contributed by atoms with Crippen molar-refractivity contribution in [3.8, 4) is 16.9 Å². The Morgan fingerprint density at radius 1 is 1.03 bits per heavy atom. The molecule has 166 valence electrons. The second-order valence-corrected chi connectivity index (χ2v) is 8.68. The number of ketones is 1. The van der Waals surface area contributed by atoms with Crippen LogP contribution in [0, 0.1) is 0 Å². The zero-order valence-electron chi connectivity index (χ0n) is 17.2. The number of phenolic OH excluding ortho intramolecular Hbond substituents is 1. The van der Waals surface area contributed by atoms with Crippen LogP contribution in [0.4, 0.5) is 5.82 Å². The van der Waals surface area contributed by atoms with E-state index in [9.17, 15) is 14.7 Å². The van der Waals surface area contributed by atoms with E-state index < -0.39 is 5.91 Å². The number of aromatic amines is 1. The lowest BCUT2D eigenvalue weighted by atomic mass is 9.95. The summed E-state index contributed by atoms with van der Waals surface area (Å²) in [5, 5.41) is 13.7. The van der Waals surface area contributed by atoms with Crippen molar-refractivity contribution in [3.05, 3.63) is 105 Å². The molecule has 6 nitrogen and oxygen atoms in total. The predicted octanol–water partition coefficient (Wildman–Crippen LogP) is 5.55. The first-order valence-corrected chi connectivity index (χ1v) is 11.1. The Kier molecular flexibility index (Phi) is 6.53. The van der Waals surface area contributed by atoms with Crippen LogP contribution in [0.15, 0.2) is 77.3 Å². The molecule has 1 amide bonds. The van der Waals surface area contributed by atoms with Crippen molar-refractivity contribution >= 4 is 45.0 Å². The quantitative estimate of drug-likeness (QED) is 0.248. The number of amides is 1. The van der Waals surface area contributed by atoms with Crippen LogP contribution in [-0.4, -0.2) is 21.8 Å². The van der Waals surface area contributed by atoms with E-state index in [-0.39, 0.29) is 46.3 Å². The summed E-state index contributed by atoms with van der Waals surface area (Å²) in [5.41, 5.74) is 8.12. The van der Waals surface area contributed by atoms with Crippen molar-refractivity contribution in [3.63, 3.8) is 0 Å². The van der Waals surface area contributed by atoms with Gasteiger partial charge in [-0.3, -0.25) is 9.59 Å². The molecule has 0 bridgehead atoms. The van der Waals surface area contributed by atoms with E-state index in [1.807, 2.05) is 30.3 Å². The second kappa shape index (κ2) is 9.52. The van der Waals surface area contributed by atoms with Gasteiger partial charge >= 0.3 is 0 Å². The van der Waals surface area contributed by atoms with E-state index in [0.29, 0.717) is 10.6 Å². The van der Waals surface area contributed by atoms with E-state index >= 15 is 0 Å². The summed E-state index contributed by atoms with van der Waals surface area (Å²) in [5.74, 6) is -1.01. The van der Waals surface area contributed by atoms with Gasteiger partial charge in [0.2, 0.25) is 5.78 Å². The first kappa shape index (κ1) is 22.6. The Bertz CT molecular complexity index is 1340. The third-order valence-corrected chi connectivity index (χ3v) is 5.88.